The summed E-state index contributed by atoms with van der Waals surface area (Å²) >= 11 is 0. The summed E-state index contributed by atoms with van der Waals surface area (Å²) in [6.45, 7) is 0.269. The van der Waals surface area contributed by atoms with Gasteiger partial charge in [-0.05, 0) is 25.0 Å². The van der Waals surface area contributed by atoms with E-state index in [1.54, 1.807) is 24.3 Å². The lowest BCUT2D eigenvalue weighted by atomic mass is 10.2. The van der Waals surface area contributed by atoms with Crippen molar-refractivity contribution in [2.24, 2.45) is 0 Å². The number of para-hydroxylation sites is 1. The first-order chi connectivity index (χ1) is 13.1. The number of nitrogens with zero attached hydrogens (tertiary/aromatic N) is 2. The van der Waals surface area contributed by atoms with Crippen molar-refractivity contribution in [2.75, 3.05) is 13.1 Å². The van der Waals surface area contributed by atoms with Gasteiger partial charge in [0.2, 0.25) is 0 Å². The van der Waals surface area contributed by atoms with Crippen molar-refractivity contribution in [1.82, 2.24) is 20.8 Å². The van der Waals surface area contributed by atoms with Gasteiger partial charge in [0.25, 0.3) is 5.91 Å². The highest BCUT2D eigenvalue weighted by Gasteiger charge is 2.29. The topological polar surface area (TPSA) is 127 Å². The van der Waals surface area contributed by atoms with Crippen LogP contribution >= 0.6 is 0 Å². The summed E-state index contributed by atoms with van der Waals surface area (Å²) in [6.07, 6.45) is 2.02. The summed E-state index contributed by atoms with van der Waals surface area (Å²) in [7, 11) is 0. The Kier molecular flexibility index (Phi) is 4.41. The predicted octanol–water partition coefficient (Wildman–Crippen LogP) is 1.21. The number of rotatable bonds is 6. The van der Waals surface area contributed by atoms with E-state index in [9.17, 15) is 14.4 Å². The molecule has 1 aromatic carbocycles. The van der Waals surface area contributed by atoms with Gasteiger partial charge < -0.3 is 19.6 Å². The van der Waals surface area contributed by atoms with Crippen molar-refractivity contribution in [2.45, 2.75) is 18.8 Å². The van der Waals surface area contributed by atoms with E-state index < -0.39 is 17.4 Å². The van der Waals surface area contributed by atoms with Gasteiger partial charge in [-0.1, -0.05) is 23.4 Å². The van der Waals surface area contributed by atoms with E-state index in [4.69, 9.17) is 8.94 Å². The van der Waals surface area contributed by atoms with Gasteiger partial charge in [-0.15, -0.1) is 0 Å². The first-order valence-electron chi connectivity index (χ1n) is 8.55. The summed E-state index contributed by atoms with van der Waals surface area (Å²) in [5, 5.41) is 9.56. The van der Waals surface area contributed by atoms with E-state index in [-0.39, 0.29) is 24.5 Å². The number of nitrogens with one attached hydrogen (secondary N) is 2. The molecule has 1 saturated carbocycles. The minimum atomic E-state index is -0.714. The maximum absolute atomic E-state index is 12.2. The van der Waals surface area contributed by atoms with Crippen LogP contribution in [-0.4, -0.2) is 35.0 Å². The van der Waals surface area contributed by atoms with Crippen LogP contribution in [0.25, 0.3) is 11.0 Å². The number of carbonyl (C=O) groups excluding carboxylic acids is 2. The van der Waals surface area contributed by atoms with Crippen molar-refractivity contribution in [3.63, 3.8) is 0 Å². The monoisotopic (exact) mass is 368 g/mol. The Hall–Kier alpha value is -3.49. The number of hydrogen-bond acceptors (Lipinski definition) is 7. The van der Waals surface area contributed by atoms with Gasteiger partial charge in [-0.3, -0.25) is 9.59 Å². The van der Waals surface area contributed by atoms with Gasteiger partial charge in [-0.2, -0.15) is 4.98 Å². The molecule has 0 saturated heterocycles. The van der Waals surface area contributed by atoms with Crippen molar-refractivity contribution in [3.8, 4) is 0 Å². The number of hydrogen-bond donors (Lipinski definition) is 2. The molecule has 3 aromatic rings. The van der Waals surface area contributed by atoms with E-state index in [1.807, 2.05) is 0 Å². The highest BCUT2D eigenvalue weighted by molar-refractivity contribution is 5.96. The molecule has 1 aliphatic carbocycles. The molecule has 0 unspecified atom stereocenters. The van der Waals surface area contributed by atoms with Gasteiger partial charge >= 0.3 is 17.4 Å². The number of aromatic nitrogens is 2. The van der Waals surface area contributed by atoms with Crippen molar-refractivity contribution < 1.29 is 18.5 Å². The molecule has 138 valence electrons. The molecule has 27 heavy (non-hydrogen) atoms. The third kappa shape index (κ3) is 3.71. The molecule has 2 N–H and O–H groups in total. The smallest absolute Gasteiger partial charge is 0.349 e. The minimum absolute atomic E-state index is 0.0917. The van der Waals surface area contributed by atoms with Crippen LogP contribution in [0.5, 0.6) is 0 Å². The fourth-order valence-corrected chi connectivity index (χ4v) is 2.58. The van der Waals surface area contributed by atoms with E-state index in [0.717, 1.165) is 12.8 Å². The van der Waals surface area contributed by atoms with E-state index in [0.29, 0.717) is 22.7 Å². The van der Waals surface area contributed by atoms with Crippen LogP contribution in [0, 0.1) is 0 Å². The molecule has 2 heterocycles. The van der Waals surface area contributed by atoms with E-state index in [2.05, 4.69) is 20.8 Å². The van der Waals surface area contributed by atoms with E-state index in [1.165, 1.54) is 6.07 Å². The third-order valence-electron chi connectivity index (χ3n) is 4.16. The Morgan fingerprint density at radius 3 is 2.63 bits per heavy atom. The zero-order valence-electron chi connectivity index (χ0n) is 14.2. The Bertz CT molecular complexity index is 1070. The molecule has 1 fully saturated rings. The highest BCUT2D eigenvalue weighted by atomic mass is 16.5. The summed E-state index contributed by atoms with van der Waals surface area (Å²) in [5.74, 6) is -0.329. The van der Waals surface area contributed by atoms with Crippen LogP contribution in [0.3, 0.4) is 0 Å². The summed E-state index contributed by atoms with van der Waals surface area (Å²) in [6, 6.07) is 8.40. The molecule has 2 aromatic heterocycles. The van der Waals surface area contributed by atoms with Gasteiger partial charge in [0.05, 0.1) is 0 Å². The zero-order chi connectivity index (χ0) is 18.8. The largest absolute Gasteiger partial charge is 0.422 e. The lowest BCUT2D eigenvalue weighted by molar-refractivity contribution is 0.0897. The standard InChI is InChI=1S/C18H16N4O5/c23-15(12-9-11-3-1-2-4-13(11)26-18(12)25)19-7-8-20-16(24)17-21-14(22-27-17)10-5-6-10/h1-4,9-10H,5-8H2,(H,19,23)(H,20,24). The lowest BCUT2D eigenvalue weighted by Gasteiger charge is -2.05. The first kappa shape index (κ1) is 17.0. The maximum atomic E-state index is 12.2. The molecule has 0 bridgehead atoms. The minimum Gasteiger partial charge on any atom is -0.422 e. The fraction of sp³-hybridized carbons (Fsp3) is 0.278. The van der Waals surface area contributed by atoms with Crippen molar-refractivity contribution >= 4 is 22.8 Å². The summed E-state index contributed by atoms with van der Waals surface area (Å²) in [5.41, 5.74) is -0.392. The number of amides is 2. The first-order valence-corrected chi connectivity index (χ1v) is 8.55. The second-order valence-corrected chi connectivity index (χ2v) is 6.23. The molecule has 1 aliphatic rings. The van der Waals surface area contributed by atoms with Crippen molar-refractivity contribution in [1.29, 1.82) is 0 Å². The maximum Gasteiger partial charge on any atom is 0.349 e. The van der Waals surface area contributed by atoms with Crippen LogP contribution in [0.2, 0.25) is 0 Å². The molecule has 9 nitrogen and oxygen atoms in total. The van der Waals surface area contributed by atoms with Crippen LogP contribution in [0.1, 0.15) is 45.6 Å². The molecular weight excluding hydrogens is 352 g/mol. The second kappa shape index (κ2) is 7.02. The summed E-state index contributed by atoms with van der Waals surface area (Å²) < 4.78 is 10.0. The average molecular weight is 368 g/mol. The number of carbonyl (C=O) groups is 2. The Labute approximate surface area is 152 Å². The number of fused-ring (bicyclic) bond motifs is 1. The van der Waals surface area contributed by atoms with Crippen LogP contribution < -0.4 is 16.3 Å². The van der Waals surface area contributed by atoms with Gasteiger partial charge in [0, 0.05) is 24.4 Å². The Morgan fingerprint density at radius 2 is 1.85 bits per heavy atom. The molecule has 0 atom stereocenters. The van der Waals surface area contributed by atoms with Gasteiger partial charge in [0.1, 0.15) is 11.1 Å². The fourth-order valence-electron chi connectivity index (χ4n) is 2.58. The van der Waals surface area contributed by atoms with Gasteiger partial charge in [-0.25, -0.2) is 4.79 Å². The zero-order valence-corrected chi connectivity index (χ0v) is 14.2. The van der Waals surface area contributed by atoms with Crippen LogP contribution in [0.4, 0.5) is 0 Å². The van der Waals surface area contributed by atoms with Crippen LogP contribution in [0.15, 0.2) is 44.1 Å². The molecule has 0 spiro atoms. The second-order valence-electron chi connectivity index (χ2n) is 6.23. The molecule has 4 rings (SSSR count). The quantitative estimate of drug-likeness (QED) is 0.494. The molecular formula is C18H16N4O5. The summed E-state index contributed by atoms with van der Waals surface area (Å²) in [4.78, 5) is 40.1. The molecule has 2 amide bonds. The average Bonchev–Trinajstić information content (AvgIpc) is 3.41. The normalized spacial score (nSPS) is 13.5. The van der Waals surface area contributed by atoms with Gasteiger partial charge in [0.15, 0.2) is 5.82 Å². The Morgan fingerprint density at radius 1 is 1.11 bits per heavy atom. The van der Waals surface area contributed by atoms with Crippen LogP contribution in [-0.2, 0) is 0 Å². The lowest BCUT2D eigenvalue weighted by Crippen LogP contribution is -2.36. The highest BCUT2D eigenvalue weighted by Crippen LogP contribution is 2.38. The third-order valence-corrected chi connectivity index (χ3v) is 4.16. The molecule has 9 heteroatoms. The Balaban J connectivity index is 1.31. The number of benzene rings is 1. The van der Waals surface area contributed by atoms with E-state index >= 15 is 0 Å². The SMILES string of the molecule is O=C(NCCNC(=O)c1cc2ccccc2oc1=O)c1nc(C2CC2)no1. The molecule has 0 radical (unpaired) electrons. The predicted molar refractivity (Wildman–Crippen MR) is 93.4 cm³/mol. The van der Waals surface area contributed by atoms with Crippen molar-refractivity contribution in [3.05, 3.63) is 58.0 Å². The molecule has 0 aliphatic heterocycles.